The molecule has 5 heteroatoms. The minimum absolute atomic E-state index is 0.146. The Morgan fingerprint density at radius 2 is 2.00 bits per heavy atom. The number of esters is 1. The highest BCUT2D eigenvalue weighted by Crippen LogP contribution is 1.95. The van der Waals surface area contributed by atoms with Crippen LogP contribution in [0.3, 0.4) is 0 Å². The van der Waals surface area contributed by atoms with Gasteiger partial charge in [0, 0.05) is 19.0 Å². The van der Waals surface area contributed by atoms with E-state index in [0.29, 0.717) is 13.0 Å². The highest BCUT2D eigenvalue weighted by molar-refractivity contribution is 5.74. The Bertz CT molecular complexity index is 219. The fourth-order valence-corrected chi connectivity index (χ4v) is 1.08. The van der Waals surface area contributed by atoms with E-state index in [-0.39, 0.29) is 18.0 Å². The van der Waals surface area contributed by atoms with Crippen LogP contribution < -0.4 is 10.6 Å². The Balaban J connectivity index is 3.38. The lowest BCUT2D eigenvalue weighted by Crippen LogP contribution is -2.40. The molecular weight excluding hydrogens is 208 g/mol. The summed E-state index contributed by atoms with van der Waals surface area (Å²) >= 11 is 0. The number of unbranched alkanes of at least 4 members (excludes halogenated alkanes) is 1. The quantitative estimate of drug-likeness (QED) is 0.513. The van der Waals surface area contributed by atoms with Crippen LogP contribution in [0, 0.1) is 0 Å². The number of hydrogen-bond acceptors (Lipinski definition) is 3. The van der Waals surface area contributed by atoms with Crippen molar-refractivity contribution in [1.82, 2.24) is 10.6 Å². The summed E-state index contributed by atoms with van der Waals surface area (Å²) < 4.78 is 4.51. The molecular formula is C11H22N2O3. The Kier molecular flexibility index (Phi) is 8.29. The number of carbonyl (C=O) groups excluding carboxylic acids is 2. The average molecular weight is 230 g/mol. The van der Waals surface area contributed by atoms with E-state index >= 15 is 0 Å². The monoisotopic (exact) mass is 230 g/mol. The zero-order valence-corrected chi connectivity index (χ0v) is 10.3. The Labute approximate surface area is 96.9 Å². The van der Waals surface area contributed by atoms with Crippen molar-refractivity contribution in [2.24, 2.45) is 0 Å². The first-order valence-electron chi connectivity index (χ1n) is 5.71. The first kappa shape index (κ1) is 14.7. The summed E-state index contributed by atoms with van der Waals surface area (Å²) in [4.78, 5) is 22.0. The standard InChI is InChI=1S/C11H22N2O3/c1-4-9(2)13-11(15)12-8-6-5-7-10(14)16-3/h9H,4-8H2,1-3H3,(H2,12,13,15). The topological polar surface area (TPSA) is 67.4 Å². The van der Waals surface area contributed by atoms with Gasteiger partial charge in [-0.25, -0.2) is 4.79 Å². The molecule has 5 nitrogen and oxygen atoms in total. The SMILES string of the molecule is CCC(C)NC(=O)NCCCCC(=O)OC. The van der Waals surface area contributed by atoms with Gasteiger partial charge in [0.1, 0.15) is 0 Å². The molecule has 94 valence electrons. The summed E-state index contributed by atoms with van der Waals surface area (Å²) in [6.45, 7) is 4.55. The average Bonchev–Trinajstić information content (AvgIpc) is 2.27. The zero-order chi connectivity index (χ0) is 12.4. The first-order valence-corrected chi connectivity index (χ1v) is 5.71. The van der Waals surface area contributed by atoms with E-state index in [0.717, 1.165) is 19.3 Å². The number of urea groups is 1. The molecule has 0 aliphatic carbocycles. The van der Waals surface area contributed by atoms with Crippen molar-refractivity contribution in [3.05, 3.63) is 0 Å². The molecule has 1 atom stereocenters. The summed E-state index contributed by atoms with van der Waals surface area (Å²) in [6.07, 6.45) is 2.83. The fourth-order valence-electron chi connectivity index (χ4n) is 1.08. The van der Waals surface area contributed by atoms with Crippen LogP contribution >= 0.6 is 0 Å². The van der Waals surface area contributed by atoms with Crippen LogP contribution in [-0.4, -0.2) is 31.7 Å². The minimum atomic E-state index is -0.205. The number of hydrogen-bond donors (Lipinski definition) is 2. The fraction of sp³-hybridized carbons (Fsp3) is 0.818. The highest BCUT2D eigenvalue weighted by atomic mass is 16.5. The number of nitrogens with one attached hydrogen (secondary N) is 2. The molecule has 2 N–H and O–H groups in total. The third-order valence-corrected chi connectivity index (χ3v) is 2.31. The summed E-state index contributed by atoms with van der Waals surface area (Å²) in [5.41, 5.74) is 0. The van der Waals surface area contributed by atoms with Gasteiger partial charge in [0.15, 0.2) is 0 Å². The molecule has 0 aliphatic heterocycles. The van der Waals surface area contributed by atoms with Crippen LogP contribution in [0.25, 0.3) is 0 Å². The molecule has 0 radical (unpaired) electrons. The van der Waals surface area contributed by atoms with Gasteiger partial charge in [-0.3, -0.25) is 4.79 Å². The molecule has 0 heterocycles. The van der Waals surface area contributed by atoms with Gasteiger partial charge in [-0.15, -0.1) is 0 Å². The van der Waals surface area contributed by atoms with Crippen LogP contribution in [0.1, 0.15) is 39.5 Å². The number of rotatable bonds is 7. The smallest absolute Gasteiger partial charge is 0.314 e. The second-order valence-electron chi connectivity index (χ2n) is 3.74. The third kappa shape index (κ3) is 8.08. The van der Waals surface area contributed by atoms with Crippen LogP contribution in [-0.2, 0) is 9.53 Å². The van der Waals surface area contributed by atoms with Crippen molar-refractivity contribution in [2.75, 3.05) is 13.7 Å². The second kappa shape index (κ2) is 9.00. The molecule has 2 amide bonds. The second-order valence-corrected chi connectivity index (χ2v) is 3.74. The Morgan fingerprint density at radius 1 is 1.31 bits per heavy atom. The van der Waals surface area contributed by atoms with E-state index in [2.05, 4.69) is 15.4 Å². The minimum Gasteiger partial charge on any atom is -0.469 e. The Morgan fingerprint density at radius 3 is 2.56 bits per heavy atom. The lowest BCUT2D eigenvalue weighted by atomic mass is 10.2. The summed E-state index contributed by atoms with van der Waals surface area (Å²) in [6, 6.07) is 0.0440. The van der Waals surface area contributed by atoms with Crippen molar-refractivity contribution in [1.29, 1.82) is 0 Å². The molecule has 0 aliphatic rings. The van der Waals surface area contributed by atoms with Crippen molar-refractivity contribution in [2.45, 2.75) is 45.6 Å². The molecule has 0 saturated heterocycles. The van der Waals surface area contributed by atoms with Crippen LogP contribution in [0.2, 0.25) is 0 Å². The van der Waals surface area contributed by atoms with Gasteiger partial charge in [-0.1, -0.05) is 6.92 Å². The third-order valence-electron chi connectivity index (χ3n) is 2.31. The molecule has 0 rings (SSSR count). The van der Waals surface area contributed by atoms with E-state index in [9.17, 15) is 9.59 Å². The van der Waals surface area contributed by atoms with Gasteiger partial charge in [0.2, 0.25) is 0 Å². The maximum Gasteiger partial charge on any atom is 0.314 e. The highest BCUT2D eigenvalue weighted by Gasteiger charge is 2.04. The number of ether oxygens (including phenoxy) is 1. The van der Waals surface area contributed by atoms with Gasteiger partial charge < -0.3 is 15.4 Å². The van der Waals surface area contributed by atoms with Gasteiger partial charge >= 0.3 is 12.0 Å². The maximum atomic E-state index is 11.3. The molecule has 0 aromatic heterocycles. The van der Waals surface area contributed by atoms with Crippen molar-refractivity contribution < 1.29 is 14.3 Å². The van der Waals surface area contributed by atoms with Gasteiger partial charge in [-0.05, 0) is 26.2 Å². The number of amides is 2. The van der Waals surface area contributed by atoms with Gasteiger partial charge in [0.05, 0.1) is 7.11 Å². The van der Waals surface area contributed by atoms with E-state index in [4.69, 9.17) is 0 Å². The Hall–Kier alpha value is -1.26. The lowest BCUT2D eigenvalue weighted by molar-refractivity contribution is -0.140. The van der Waals surface area contributed by atoms with E-state index < -0.39 is 0 Å². The number of methoxy groups -OCH3 is 1. The molecule has 1 unspecified atom stereocenters. The van der Waals surface area contributed by atoms with Crippen molar-refractivity contribution in [3.63, 3.8) is 0 Å². The number of carbonyl (C=O) groups is 2. The molecule has 0 aromatic carbocycles. The van der Waals surface area contributed by atoms with Crippen LogP contribution in [0.15, 0.2) is 0 Å². The molecule has 0 bridgehead atoms. The largest absolute Gasteiger partial charge is 0.469 e. The molecule has 0 spiro atoms. The zero-order valence-electron chi connectivity index (χ0n) is 10.3. The normalized spacial score (nSPS) is 11.7. The first-order chi connectivity index (χ1) is 7.60. The molecule has 0 saturated carbocycles. The van der Waals surface area contributed by atoms with Crippen LogP contribution in [0.5, 0.6) is 0 Å². The summed E-state index contributed by atoms with van der Waals surface area (Å²) in [5, 5.41) is 5.54. The van der Waals surface area contributed by atoms with E-state index in [1.807, 2.05) is 13.8 Å². The van der Waals surface area contributed by atoms with Gasteiger partial charge in [-0.2, -0.15) is 0 Å². The van der Waals surface area contributed by atoms with Crippen molar-refractivity contribution in [3.8, 4) is 0 Å². The van der Waals surface area contributed by atoms with E-state index in [1.165, 1.54) is 7.11 Å². The van der Waals surface area contributed by atoms with Crippen LogP contribution in [0.4, 0.5) is 4.79 Å². The molecule has 16 heavy (non-hydrogen) atoms. The summed E-state index contributed by atoms with van der Waals surface area (Å²) in [7, 11) is 1.38. The van der Waals surface area contributed by atoms with E-state index in [1.54, 1.807) is 0 Å². The predicted molar refractivity (Wildman–Crippen MR) is 62.2 cm³/mol. The predicted octanol–water partition coefficient (Wildman–Crippen LogP) is 1.43. The van der Waals surface area contributed by atoms with Gasteiger partial charge in [0.25, 0.3) is 0 Å². The molecule has 0 aromatic rings. The van der Waals surface area contributed by atoms with Crippen molar-refractivity contribution >= 4 is 12.0 Å². The maximum absolute atomic E-state index is 11.3. The lowest BCUT2D eigenvalue weighted by Gasteiger charge is -2.12. The molecule has 0 fully saturated rings. The summed E-state index contributed by atoms with van der Waals surface area (Å²) in [5.74, 6) is -0.205.